The maximum absolute atomic E-state index is 13.1. The van der Waals surface area contributed by atoms with E-state index in [0.717, 1.165) is 21.7 Å². The van der Waals surface area contributed by atoms with E-state index in [1.165, 1.54) is 12.1 Å². The maximum atomic E-state index is 13.1. The normalized spacial score (nSPS) is 10.7. The van der Waals surface area contributed by atoms with Crippen LogP contribution in [-0.4, -0.2) is 5.78 Å². The van der Waals surface area contributed by atoms with Crippen LogP contribution in [0.15, 0.2) is 34.8 Å². The van der Waals surface area contributed by atoms with Crippen molar-refractivity contribution in [3.63, 3.8) is 0 Å². The predicted octanol–water partition coefficient (Wildman–Crippen LogP) is 4.77. The second kappa shape index (κ2) is 5.83. The Bertz CT molecular complexity index is 637. The Balaban J connectivity index is 2.28. The number of rotatable bonds is 3. The first kappa shape index (κ1) is 14.9. The van der Waals surface area contributed by atoms with Crippen LogP contribution in [0.1, 0.15) is 27.0 Å². The van der Waals surface area contributed by atoms with E-state index in [1.807, 2.05) is 13.8 Å². The standard InChI is InChI=1S/C16H13BrF2O/c1-9-3-12(4-10(2)16(9)17)15(20)7-11-5-13(18)8-14(19)6-11/h3-6,8H,7H2,1-2H3. The summed E-state index contributed by atoms with van der Waals surface area (Å²) in [5.74, 6) is -1.50. The highest BCUT2D eigenvalue weighted by Gasteiger charge is 2.12. The Kier molecular flexibility index (Phi) is 4.33. The predicted molar refractivity (Wildman–Crippen MR) is 78.0 cm³/mol. The van der Waals surface area contributed by atoms with Crippen molar-refractivity contribution in [3.05, 3.63) is 68.7 Å². The molecule has 2 aromatic carbocycles. The van der Waals surface area contributed by atoms with Gasteiger partial charge in [-0.05, 0) is 54.8 Å². The van der Waals surface area contributed by atoms with Crippen LogP contribution >= 0.6 is 15.9 Å². The molecule has 0 saturated carbocycles. The average Bonchev–Trinajstić information content (AvgIpc) is 2.33. The molecule has 0 spiro atoms. The highest BCUT2D eigenvalue weighted by atomic mass is 79.9. The molecule has 0 amide bonds. The summed E-state index contributed by atoms with van der Waals surface area (Å²) in [7, 11) is 0. The number of hydrogen-bond donors (Lipinski definition) is 0. The summed E-state index contributed by atoms with van der Waals surface area (Å²) < 4.78 is 27.2. The number of benzene rings is 2. The lowest BCUT2D eigenvalue weighted by Gasteiger charge is -2.08. The van der Waals surface area contributed by atoms with E-state index < -0.39 is 11.6 Å². The lowest BCUT2D eigenvalue weighted by molar-refractivity contribution is 0.0992. The van der Waals surface area contributed by atoms with E-state index in [4.69, 9.17) is 0 Å². The van der Waals surface area contributed by atoms with Gasteiger partial charge in [-0.25, -0.2) is 8.78 Å². The fraction of sp³-hybridized carbons (Fsp3) is 0.188. The minimum absolute atomic E-state index is 0.0187. The van der Waals surface area contributed by atoms with Gasteiger partial charge in [-0.15, -0.1) is 0 Å². The Morgan fingerprint density at radius 3 is 2.00 bits per heavy atom. The molecule has 4 heteroatoms. The van der Waals surface area contributed by atoms with E-state index in [0.29, 0.717) is 11.1 Å². The van der Waals surface area contributed by atoms with Crippen LogP contribution in [0.2, 0.25) is 0 Å². The third kappa shape index (κ3) is 3.31. The SMILES string of the molecule is Cc1cc(C(=O)Cc2cc(F)cc(F)c2)cc(C)c1Br. The smallest absolute Gasteiger partial charge is 0.167 e. The maximum Gasteiger partial charge on any atom is 0.167 e. The molecular formula is C16H13BrF2O. The Labute approximate surface area is 124 Å². The van der Waals surface area contributed by atoms with Gasteiger partial charge in [0.15, 0.2) is 5.78 Å². The number of hydrogen-bond acceptors (Lipinski definition) is 1. The molecule has 20 heavy (non-hydrogen) atoms. The van der Waals surface area contributed by atoms with Gasteiger partial charge in [-0.1, -0.05) is 15.9 Å². The summed E-state index contributed by atoms with van der Waals surface area (Å²) in [6.45, 7) is 3.80. The third-order valence-electron chi connectivity index (χ3n) is 3.05. The molecule has 0 aliphatic heterocycles. The molecule has 0 saturated heterocycles. The highest BCUT2D eigenvalue weighted by molar-refractivity contribution is 9.10. The molecule has 0 N–H and O–H groups in total. The van der Waals surface area contributed by atoms with Gasteiger partial charge in [0.1, 0.15) is 11.6 Å². The number of Topliss-reactive ketones (excluding diaryl/α,β-unsaturated/α-hetero) is 1. The largest absolute Gasteiger partial charge is 0.294 e. The Hall–Kier alpha value is -1.55. The van der Waals surface area contributed by atoms with Crippen molar-refractivity contribution in [2.45, 2.75) is 20.3 Å². The molecular weight excluding hydrogens is 326 g/mol. The zero-order valence-electron chi connectivity index (χ0n) is 11.1. The average molecular weight is 339 g/mol. The van der Waals surface area contributed by atoms with Crippen LogP contribution < -0.4 is 0 Å². The second-order valence-electron chi connectivity index (χ2n) is 4.80. The summed E-state index contributed by atoms with van der Waals surface area (Å²) in [6, 6.07) is 6.70. The molecule has 2 aromatic rings. The Morgan fingerprint density at radius 1 is 1.00 bits per heavy atom. The molecule has 0 atom stereocenters. The molecule has 104 valence electrons. The van der Waals surface area contributed by atoms with E-state index in [-0.39, 0.29) is 12.2 Å². The van der Waals surface area contributed by atoms with Crippen LogP contribution in [0.25, 0.3) is 0 Å². The summed E-state index contributed by atoms with van der Waals surface area (Å²) in [5, 5.41) is 0. The molecule has 0 heterocycles. The van der Waals surface area contributed by atoms with E-state index in [9.17, 15) is 13.6 Å². The number of carbonyl (C=O) groups is 1. The molecule has 0 bridgehead atoms. The number of aryl methyl sites for hydroxylation is 2. The minimum Gasteiger partial charge on any atom is -0.294 e. The van der Waals surface area contributed by atoms with Crippen molar-refractivity contribution in [2.24, 2.45) is 0 Å². The third-order valence-corrected chi connectivity index (χ3v) is 4.30. The molecule has 0 radical (unpaired) electrons. The van der Waals surface area contributed by atoms with Crippen molar-refractivity contribution in [3.8, 4) is 0 Å². The van der Waals surface area contributed by atoms with E-state index in [2.05, 4.69) is 15.9 Å². The monoisotopic (exact) mass is 338 g/mol. The molecule has 0 aliphatic carbocycles. The molecule has 0 aliphatic rings. The van der Waals surface area contributed by atoms with Crippen molar-refractivity contribution in [2.75, 3.05) is 0 Å². The van der Waals surface area contributed by atoms with Gasteiger partial charge in [0.2, 0.25) is 0 Å². The molecule has 1 nitrogen and oxygen atoms in total. The van der Waals surface area contributed by atoms with Crippen molar-refractivity contribution in [1.82, 2.24) is 0 Å². The number of halogens is 3. The van der Waals surface area contributed by atoms with E-state index >= 15 is 0 Å². The first-order valence-corrected chi connectivity index (χ1v) is 6.91. The molecule has 0 unspecified atom stereocenters. The zero-order chi connectivity index (χ0) is 14.9. The first-order chi connectivity index (χ1) is 9.36. The van der Waals surface area contributed by atoms with Gasteiger partial charge in [0.25, 0.3) is 0 Å². The van der Waals surface area contributed by atoms with Crippen LogP contribution in [0.4, 0.5) is 8.78 Å². The number of carbonyl (C=O) groups excluding carboxylic acids is 1. The van der Waals surface area contributed by atoms with Crippen LogP contribution in [0, 0.1) is 25.5 Å². The lowest BCUT2D eigenvalue weighted by atomic mass is 9.99. The van der Waals surface area contributed by atoms with Crippen molar-refractivity contribution in [1.29, 1.82) is 0 Å². The fourth-order valence-corrected chi connectivity index (χ4v) is 2.34. The number of ketones is 1. The summed E-state index contributed by atoms with van der Waals surface area (Å²) in [5.41, 5.74) is 2.80. The van der Waals surface area contributed by atoms with Gasteiger partial charge in [0, 0.05) is 22.5 Å². The van der Waals surface area contributed by atoms with Crippen LogP contribution in [0.5, 0.6) is 0 Å². The summed E-state index contributed by atoms with van der Waals surface area (Å²) >= 11 is 3.44. The first-order valence-electron chi connectivity index (χ1n) is 6.11. The minimum atomic E-state index is -0.670. The van der Waals surface area contributed by atoms with E-state index in [1.54, 1.807) is 12.1 Å². The zero-order valence-corrected chi connectivity index (χ0v) is 12.7. The summed E-state index contributed by atoms with van der Waals surface area (Å²) in [6.07, 6.45) is -0.0187. The van der Waals surface area contributed by atoms with Crippen molar-refractivity contribution >= 4 is 21.7 Å². The van der Waals surface area contributed by atoms with Crippen molar-refractivity contribution < 1.29 is 13.6 Å². The Morgan fingerprint density at radius 2 is 1.50 bits per heavy atom. The highest BCUT2D eigenvalue weighted by Crippen LogP contribution is 2.23. The summed E-state index contributed by atoms with van der Waals surface area (Å²) in [4.78, 5) is 12.2. The van der Waals surface area contributed by atoms with Crippen LogP contribution in [-0.2, 0) is 6.42 Å². The molecule has 0 fully saturated rings. The lowest BCUT2D eigenvalue weighted by Crippen LogP contribution is -2.05. The van der Waals surface area contributed by atoms with Crippen LogP contribution in [0.3, 0.4) is 0 Å². The molecule has 2 rings (SSSR count). The van der Waals surface area contributed by atoms with Gasteiger partial charge >= 0.3 is 0 Å². The topological polar surface area (TPSA) is 17.1 Å². The van der Waals surface area contributed by atoms with Gasteiger partial charge < -0.3 is 0 Å². The second-order valence-corrected chi connectivity index (χ2v) is 5.59. The quantitative estimate of drug-likeness (QED) is 0.736. The van der Waals surface area contributed by atoms with Gasteiger partial charge in [-0.3, -0.25) is 4.79 Å². The fourth-order valence-electron chi connectivity index (χ4n) is 2.11. The van der Waals surface area contributed by atoms with Gasteiger partial charge in [-0.2, -0.15) is 0 Å². The van der Waals surface area contributed by atoms with Gasteiger partial charge in [0.05, 0.1) is 0 Å². The molecule has 0 aromatic heterocycles.